The first-order valence-corrected chi connectivity index (χ1v) is 11.5. The Morgan fingerprint density at radius 1 is 1.12 bits per heavy atom. The maximum atomic E-state index is 13.4. The van der Waals surface area contributed by atoms with Crippen LogP contribution in [0.1, 0.15) is 39.2 Å². The van der Waals surface area contributed by atoms with E-state index in [9.17, 15) is 14.4 Å². The number of ether oxygens (including phenoxy) is 3. The largest absolute Gasteiger partial charge is 0.493 e. The Balaban J connectivity index is 2.01. The fourth-order valence-electron chi connectivity index (χ4n) is 3.65. The van der Waals surface area contributed by atoms with Crippen LogP contribution in [0.15, 0.2) is 36.4 Å². The van der Waals surface area contributed by atoms with Gasteiger partial charge < -0.3 is 19.5 Å². The number of hydrogen-bond acceptors (Lipinski definition) is 7. The molecule has 9 heteroatoms. The van der Waals surface area contributed by atoms with Gasteiger partial charge in [-0.3, -0.25) is 19.3 Å². The highest BCUT2D eigenvalue weighted by Crippen LogP contribution is 2.39. The molecule has 3 rings (SSSR count). The topological polar surface area (TPSA) is 94.2 Å². The van der Waals surface area contributed by atoms with E-state index in [1.807, 2.05) is 19.2 Å². The minimum atomic E-state index is -0.523. The molecule has 0 saturated carbocycles. The Morgan fingerprint density at radius 2 is 1.91 bits per heavy atom. The second-order valence-corrected chi connectivity index (χ2v) is 7.91. The number of nitrogens with one attached hydrogen (secondary N) is 1. The number of carbonyl (C=O) groups is 3. The fourth-order valence-corrected chi connectivity index (χ4v) is 4.31. The number of hydrogen-bond donors (Lipinski definition) is 1. The van der Waals surface area contributed by atoms with E-state index in [2.05, 4.69) is 5.32 Å². The molecule has 2 aromatic carbocycles. The minimum absolute atomic E-state index is 0.156. The molecule has 1 N–H and O–H groups in total. The molecule has 0 unspecified atom stereocenters. The molecule has 8 nitrogen and oxygen atoms in total. The molecule has 3 amide bonds. The van der Waals surface area contributed by atoms with Crippen molar-refractivity contribution in [1.29, 1.82) is 0 Å². The maximum absolute atomic E-state index is 13.4. The molecule has 0 bridgehead atoms. The second-order valence-electron chi connectivity index (χ2n) is 7.00. The predicted octanol–water partition coefficient (Wildman–Crippen LogP) is 3.38. The zero-order valence-corrected chi connectivity index (χ0v) is 19.3. The lowest BCUT2D eigenvalue weighted by Crippen LogP contribution is -2.35. The SMILES string of the molecule is CCOc1cc([C@@H](CSC)N2C(=O)c3cccc(NC(=O)COC)c3C2=O)ccc1OC. The van der Waals surface area contributed by atoms with Crippen molar-refractivity contribution in [2.45, 2.75) is 13.0 Å². The quantitative estimate of drug-likeness (QED) is 0.546. The number of rotatable bonds is 10. The van der Waals surface area contributed by atoms with E-state index in [-0.39, 0.29) is 23.4 Å². The van der Waals surface area contributed by atoms with Crippen molar-refractivity contribution in [2.24, 2.45) is 0 Å². The summed E-state index contributed by atoms with van der Waals surface area (Å²) >= 11 is 1.52. The highest BCUT2D eigenvalue weighted by Gasteiger charge is 2.42. The number of thioether (sulfide) groups is 1. The van der Waals surface area contributed by atoms with E-state index in [1.54, 1.807) is 37.4 Å². The van der Waals surface area contributed by atoms with Gasteiger partial charge in [0.2, 0.25) is 5.91 Å². The minimum Gasteiger partial charge on any atom is -0.493 e. The van der Waals surface area contributed by atoms with E-state index in [4.69, 9.17) is 14.2 Å². The number of amides is 3. The van der Waals surface area contributed by atoms with Gasteiger partial charge in [-0.25, -0.2) is 0 Å². The average molecular weight is 459 g/mol. The molecule has 1 aliphatic rings. The van der Waals surface area contributed by atoms with E-state index in [1.165, 1.54) is 23.8 Å². The van der Waals surface area contributed by atoms with Crippen LogP contribution in [0.3, 0.4) is 0 Å². The van der Waals surface area contributed by atoms with Crippen LogP contribution in [0.2, 0.25) is 0 Å². The molecule has 0 radical (unpaired) electrons. The molecule has 1 aliphatic heterocycles. The smallest absolute Gasteiger partial charge is 0.264 e. The Labute approximate surface area is 191 Å². The van der Waals surface area contributed by atoms with Crippen LogP contribution in [-0.4, -0.2) is 62.1 Å². The molecular formula is C23H26N2O6S. The lowest BCUT2D eigenvalue weighted by molar-refractivity contribution is -0.119. The Kier molecular flexibility index (Phi) is 7.76. The van der Waals surface area contributed by atoms with Gasteiger partial charge in [-0.1, -0.05) is 12.1 Å². The number of carbonyl (C=O) groups excluding carboxylic acids is 3. The Hall–Kier alpha value is -3.04. The summed E-state index contributed by atoms with van der Waals surface area (Å²) in [5, 5.41) is 2.66. The second kappa shape index (κ2) is 10.5. The molecule has 0 fully saturated rings. The molecular weight excluding hydrogens is 432 g/mol. The molecule has 170 valence electrons. The number of fused-ring (bicyclic) bond motifs is 1. The van der Waals surface area contributed by atoms with Gasteiger partial charge in [-0.15, -0.1) is 0 Å². The summed E-state index contributed by atoms with van der Waals surface area (Å²) in [6.45, 7) is 2.16. The lowest BCUT2D eigenvalue weighted by Gasteiger charge is -2.27. The van der Waals surface area contributed by atoms with Crippen LogP contribution < -0.4 is 14.8 Å². The summed E-state index contributed by atoms with van der Waals surface area (Å²) in [5.74, 6) is 0.352. The molecule has 0 saturated heterocycles. The average Bonchev–Trinajstić information content (AvgIpc) is 3.03. The fraction of sp³-hybridized carbons (Fsp3) is 0.348. The lowest BCUT2D eigenvalue weighted by atomic mass is 10.1. The van der Waals surface area contributed by atoms with Gasteiger partial charge in [0.1, 0.15) is 6.61 Å². The van der Waals surface area contributed by atoms with Gasteiger partial charge in [0, 0.05) is 12.9 Å². The third kappa shape index (κ3) is 4.58. The summed E-state index contributed by atoms with van der Waals surface area (Å²) in [4.78, 5) is 40.0. The summed E-state index contributed by atoms with van der Waals surface area (Å²) < 4.78 is 15.9. The highest BCUT2D eigenvalue weighted by molar-refractivity contribution is 7.98. The molecule has 0 aliphatic carbocycles. The third-order valence-corrected chi connectivity index (χ3v) is 5.65. The number of anilines is 1. The number of benzene rings is 2. The first-order chi connectivity index (χ1) is 15.5. The number of methoxy groups -OCH3 is 2. The van der Waals surface area contributed by atoms with Gasteiger partial charge in [0.15, 0.2) is 11.5 Å². The van der Waals surface area contributed by atoms with Crippen LogP contribution >= 0.6 is 11.8 Å². The Bertz CT molecular complexity index is 1030. The highest BCUT2D eigenvalue weighted by atomic mass is 32.2. The third-order valence-electron chi connectivity index (χ3n) is 5.00. The first kappa shape index (κ1) is 23.6. The molecule has 1 heterocycles. The van der Waals surface area contributed by atoms with Crippen molar-refractivity contribution in [3.63, 3.8) is 0 Å². The van der Waals surface area contributed by atoms with Gasteiger partial charge in [-0.2, -0.15) is 11.8 Å². The van der Waals surface area contributed by atoms with Crippen LogP contribution in [0.25, 0.3) is 0 Å². The van der Waals surface area contributed by atoms with Gasteiger partial charge in [-0.05, 0) is 43.0 Å². The molecule has 32 heavy (non-hydrogen) atoms. The zero-order valence-electron chi connectivity index (χ0n) is 18.5. The van der Waals surface area contributed by atoms with E-state index in [0.29, 0.717) is 23.9 Å². The zero-order chi connectivity index (χ0) is 23.3. The summed E-state index contributed by atoms with van der Waals surface area (Å²) in [5.41, 5.74) is 1.49. The normalized spacial score (nSPS) is 13.7. The van der Waals surface area contributed by atoms with E-state index < -0.39 is 23.8 Å². The van der Waals surface area contributed by atoms with Crippen molar-refractivity contribution < 1.29 is 28.6 Å². The van der Waals surface area contributed by atoms with Crippen molar-refractivity contribution in [3.05, 3.63) is 53.1 Å². The van der Waals surface area contributed by atoms with E-state index in [0.717, 1.165) is 5.56 Å². The van der Waals surface area contributed by atoms with E-state index >= 15 is 0 Å². The summed E-state index contributed by atoms with van der Waals surface area (Å²) in [6, 6.07) is 9.71. The van der Waals surface area contributed by atoms with Crippen molar-refractivity contribution >= 4 is 35.2 Å². The predicted molar refractivity (Wildman–Crippen MR) is 123 cm³/mol. The molecule has 2 aromatic rings. The van der Waals surface area contributed by atoms with Gasteiger partial charge in [0.05, 0.1) is 36.6 Å². The summed E-state index contributed by atoms with van der Waals surface area (Å²) in [7, 11) is 2.96. The molecule has 0 spiro atoms. The maximum Gasteiger partial charge on any atom is 0.264 e. The van der Waals surface area contributed by atoms with Crippen LogP contribution in [0, 0.1) is 0 Å². The molecule has 0 aromatic heterocycles. The van der Waals surface area contributed by atoms with Crippen LogP contribution in [0.4, 0.5) is 5.69 Å². The monoisotopic (exact) mass is 458 g/mol. The van der Waals surface area contributed by atoms with Gasteiger partial charge >= 0.3 is 0 Å². The standard InChI is InChI=1S/C23H26N2O6S/c1-5-31-19-11-14(9-10-18(19)30-3)17(13-32-4)25-22(27)15-7-6-8-16(21(15)23(25)28)24-20(26)12-29-2/h6-11,17H,5,12-13H2,1-4H3,(H,24,26)/t17-/m1/s1. The molecule has 1 atom stereocenters. The van der Waals surface area contributed by atoms with Gasteiger partial charge in [0.25, 0.3) is 11.8 Å². The van der Waals surface area contributed by atoms with Crippen LogP contribution in [0.5, 0.6) is 11.5 Å². The number of imide groups is 1. The van der Waals surface area contributed by atoms with Crippen molar-refractivity contribution in [1.82, 2.24) is 4.90 Å². The van der Waals surface area contributed by atoms with Crippen molar-refractivity contribution in [2.75, 3.05) is 44.8 Å². The Morgan fingerprint density at radius 3 is 2.56 bits per heavy atom. The number of nitrogens with zero attached hydrogens (tertiary/aromatic N) is 1. The summed E-state index contributed by atoms with van der Waals surface area (Å²) in [6.07, 6.45) is 1.91. The van der Waals surface area contributed by atoms with Crippen LogP contribution in [-0.2, 0) is 9.53 Å². The van der Waals surface area contributed by atoms with Crippen molar-refractivity contribution in [3.8, 4) is 11.5 Å². The first-order valence-electron chi connectivity index (χ1n) is 10.1.